The first-order chi connectivity index (χ1) is 11.5. The Morgan fingerprint density at radius 3 is 2.08 bits per heavy atom. The Morgan fingerprint density at radius 1 is 0.917 bits per heavy atom. The maximum absolute atomic E-state index is 12.2. The number of furan rings is 1. The van der Waals surface area contributed by atoms with E-state index in [9.17, 15) is 14.7 Å². The molecule has 0 saturated carbocycles. The van der Waals surface area contributed by atoms with Crippen molar-refractivity contribution in [2.24, 2.45) is 0 Å². The molecule has 1 heterocycles. The van der Waals surface area contributed by atoms with Crippen LogP contribution in [0.2, 0.25) is 0 Å². The van der Waals surface area contributed by atoms with E-state index >= 15 is 0 Å². The molecule has 3 rings (SSSR count). The molecule has 0 aliphatic carbocycles. The van der Waals surface area contributed by atoms with Gasteiger partial charge in [-0.2, -0.15) is 0 Å². The third-order valence-corrected chi connectivity index (χ3v) is 3.68. The second-order valence-corrected chi connectivity index (χ2v) is 5.45. The molecule has 3 aromatic rings. The number of hydrogen-bond acceptors (Lipinski definition) is 4. The number of amides is 2. The second-order valence-electron chi connectivity index (χ2n) is 5.45. The first-order valence-corrected chi connectivity index (χ1v) is 7.35. The molecule has 0 aliphatic rings. The summed E-state index contributed by atoms with van der Waals surface area (Å²) < 4.78 is 5.28. The van der Waals surface area contributed by atoms with Gasteiger partial charge in [0.1, 0.15) is 17.3 Å². The van der Waals surface area contributed by atoms with Gasteiger partial charge in [0.15, 0.2) is 0 Å². The lowest BCUT2D eigenvalue weighted by atomic mass is 10.1. The van der Waals surface area contributed by atoms with Crippen LogP contribution in [0.3, 0.4) is 0 Å². The zero-order valence-electron chi connectivity index (χ0n) is 13.2. The van der Waals surface area contributed by atoms with Gasteiger partial charge in [-0.15, -0.1) is 0 Å². The fraction of sp³-hybridized carbons (Fsp3) is 0.111. The number of fused-ring (bicyclic) bond motifs is 1. The fourth-order valence-corrected chi connectivity index (χ4v) is 2.51. The van der Waals surface area contributed by atoms with Crippen molar-refractivity contribution in [3.05, 3.63) is 65.1 Å². The molecule has 1 aromatic heterocycles. The molecule has 24 heavy (non-hydrogen) atoms. The van der Waals surface area contributed by atoms with Crippen LogP contribution in [0.15, 0.2) is 46.9 Å². The third kappa shape index (κ3) is 2.94. The summed E-state index contributed by atoms with van der Waals surface area (Å²) in [6.45, 7) is 3.40. The highest BCUT2D eigenvalue weighted by molar-refractivity contribution is 6.03. The monoisotopic (exact) mass is 324 g/mol. The summed E-state index contributed by atoms with van der Waals surface area (Å²) in [5.41, 5.74) is 5.04. The molecule has 2 amide bonds. The molecule has 0 radical (unpaired) electrons. The highest BCUT2D eigenvalue weighted by Crippen LogP contribution is 2.24. The molecule has 3 N–H and O–H groups in total. The normalized spacial score (nSPS) is 10.6. The first kappa shape index (κ1) is 15.6. The van der Waals surface area contributed by atoms with E-state index in [1.54, 1.807) is 26.0 Å². The minimum atomic E-state index is -0.607. The Bertz CT molecular complexity index is 943. The average molecular weight is 324 g/mol. The third-order valence-electron chi connectivity index (χ3n) is 3.68. The molecular weight excluding hydrogens is 308 g/mol. The average Bonchev–Trinajstić information content (AvgIpc) is 2.90. The molecule has 2 aromatic carbocycles. The topological polar surface area (TPSA) is 91.6 Å². The zero-order chi connectivity index (χ0) is 17.3. The van der Waals surface area contributed by atoms with E-state index < -0.39 is 11.8 Å². The molecule has 0 atom stereocenters. The highest BCUT2D eigenvalue weighted by atomic mass is 16.3. The van der Waals surface area contributed by atoms with Crippen LogP contribution in [0.5, 0.6) is 5.75 Å². The van der Waals surface area contributed by atoms with Crippen LogP contribution < -0.4 is 10.9 Å². The molecule has 6 heteroatoms. The number of carbonyl (C=O) groups is 2. The van der Waals surface area contributed by atoms with E-state index in [2.05, 4.69) is 10.9 Å². The largest absolute Gasteiger partial charge is 0.507 e. The maximum atomic E-state index is 12.2. The molecular formula is C18H16N2O4. The summed E-state index contributed by atoms with van der Waals surface area (Å²) in [5.74, 6) is -0.179. The summed E-state index contributed by atoms with van der Waals surface area (Å²) in [6, 6.07) is 12.0. The van der Waals surface area contributed by atoms with Crippen molar-refractivity contribution >= 4 is 22.6 Å². The second kappa shape index (κ2) is 6.08. The predicted octanol–water partition coefficient (Wildman–Crippen LogP) is 2.83. The van der Waals surface area contributed by atoms with E-state index in [0.717, 1.165) is 10.8 Å². The molecule has 0 unspecified atom stereocenters. The van der Waals surface area contributed by atoms with Crippen LogP contribution >= 0.6 is 0 Å². The van der Waals surface area contributed by atoms with E-state index in [1.165, 1.54) is 6.07 Å². The minimum Gasteiger partial charge on any atom is -0.507 e. The molecule has 0 bridgehead atoms. The fourth-order valence-electron chi connectivity index (χ4n) is 2.51. The number of aryl methyl sites for hydroxylation is 2. The van der Waals surface area contributed by atoms with Crippen LogP contribution in [0, 0.1) is 13.8 Å². The number of hydrazine groups is 1. The van der Waals surface area contributed by atoms with Crippen LogP contribution in [-0.4, -0.2) is 16.9 Å². The lowest BCUT2D eigenvalue weighted by Gasteiger charge is -2.09. The quantitative estimate of drug-likeness (QED) is 0.632. The van der Waals surface area contributed by atoms with E-state index in [0.29, 0.717) is 17.1 Å². The van der Waals surface area contributed by atoms with Gasteiger partial charge in [-0.1, -0.05) is 24.3 Å². The zero-order valence-corrected chi connectivity index (χ0v) is 13.2. The van der Waals surface area contributed by atoms with Crippen molar-refractivity contribution in [1.29, 1.82) is 0 Å². The first-order valence-electron chi connectivity index (χ1n) is 7.35. The van der Waals surface area contributed by atoms with Gasteiger partial charge in [0, 0.05) is 0 Å². The van der Waals surface area contributed by atoms with Crippen LogP contribution in [-0.2, 0) is 0 Å². The number of aromatic hydroxyl groups is 1. The van der Waals surface area contributed by atoms with Gasteiger partial charge in [0.25, 0.3) is 11.8 Å². The highest BCUT2D eigenvalue weighted by Gasteiger charge is 2.16. The van der Waals surface area contributed by atoms with Crippen molar-refractivity contribution < 1.29 is 19.1 Å². The summed E-state index contributed by atoms with van der Waals surface area (Å²) in [4.78, 5) is 24.3. The predicted molar refractivity (Wildman–Crippen MR) is 88.7 cm³/mol. The van der Waals surface area contributed by atoms with E-state index in [1.807, 2.05) is 24.3 Å². The number of hydrogen-bond donors (Lipinski definition) is 3. The Labute approximate surface area is 138 Å². The summed E-state index contributed by atoms with van der Waals surface area (Å²) in [7, 11) is 0. The molecule has 0 spiro atoms. The molecule has 0 aliphatic heterocycles. The number of phenols is 1. The van der Waals surface area contributed by atoms with Gasteiger partial charge in [-0.25, -0.2) is 0 Å². The Hall–Kier alpha value is -3.28. The molecule has 0 saturated heterocycles. The lowest BCUT2D eigenvalue weighted by molar-refractivity contribution is 0.0844. The minimum absolute atomic E-state index is 0.0779. The van der Waals surface area contributed by atoms with Gasteiger partial charge in [-0.05, 0) is 42.8 Å². The number of phenolic OH excluding ortho intramolecular Hbond substituents is 1. The summed E-state index contributed by atoms with van der Waals surface area (Å²) in [6.07, 6.45) is 0. The summed E-state index contributed by atoms with van der Waals surface area (Å²) >= 11 is 0. The van der Waals surface area contributed by atoms with Gasteiger partial charge in [0.2, 0.25) is 0 Å². The van der Waals surface area contributed by atoms with Gasteiger partial charge < -0.3 is 9.52 Å². The number of rotatable bonds is 2. The Kier molecular flexibility index (Phi) is 3.95. The lowest BCUT2D eigenvalue weighted by Crippen LogP contribution is -2.41. The van der Waals surface area contributed by atoms with Crippen molar-refractivity contribution in [2.75, 3.05) is 0 Å². The van der Waals surface area contributed by atoms with Crippen molar-refractivity contribution in [2.45, 2.75) is 13.8 Å². The number of nitrogens with one attached hydrogen (secondary N) is 2. The van der Waals surface area contributed by atoms with Crippen molar-refractivity contribution in [1.82, 2.24) is 10.9 Å². The van der Waals surface area contributed by atoms with Crippen LogP contribution in [0.25, 0.3) is 10.8 Å². The van der Waals surface area contributed by atoms with Gasteiger partial charge in [0.05, 0.1) is 11.1 Å². The standard InChI is InChI=1S/C18H16N2O4/c1-10-7-14(11(2)24-10)17(22)19-20-18(23)15-8-12-5-3-4-6-13(12)9-16(15)21/h3-9,21H,1-2H3,(H,19,22)(H,20,23). The SMILES string of the molecule is Cc1cc(C(=O)NNC(=O)c2cc3ccccc3cc2O)c(C)o1. The van der Waals surface area contributed by atoms with Gasteiger partial charge in [-0.3, -0.25) is 20.4 Å². The Morgan fingerprint density at radius 2 is 1.50 bits per heavy atom. The van der Waals surface area contributed by atoms with E-state index in [-0.39, 0.29) is 11.3 Å². The maximum Gasteiger partial charge on any atom is 0.273 e. The van der Waals surface area contributed by atoms with Crippen LogP contribution in [0.4, 0.5) is 0 Å². The van der Waals surface area contributed by atoms with Gasteiger partial charge >= 0.3 is 0 Å². The van der Waals surface area contributed by atoms with Crippen molar-refractivity contribution in [3.63, 3.8) is 0 Å². The number of carbonyl (C=O) groups excluding carboxylic acids is 2. The molecule has 6 nitrogen and oxygen atoms in total. The van der Waals surface area contributed by atoms with E-state index in [4.69, 9.17) is 4.42 Å². The van der Waals surface area contributed by atoms with Crippen molar-refractivity contribution in [3.8, 4) is 5.75 Å². The number of benzene rings is 2. The smallest absolute Gasteiger partial charge is 0.273 e. The molecule has 122 valence electrons. The molecule has 0 fully saturated rings. The Balaban J connectivity index is 1.76. The summed E-state index contributed by atoms with van der Waals surface area (Å²) in [5, 5.41) is 11.7. The van der Waals surface area contributed by atoms with Crippen LogP contribution in [0.1, 0.15) is 32.2 Å².